The Morgan fingerprint density at radius 1 is 1.40 bits per heavy atom. The zero-order valence-electron chi connectivity index (χ0n) is 6.68. The van der Waals surface area contributed by atoms with Crippen LogP contribution >= 0.6 is 34.5 Å². The van der Waals surface area contributed by atoms with Crippen molar-refractivity contribution in [1.29, 1.82) is 0 Å². The summed E-state index contributed by atoms with van der Waals surface area (Å²) in [4.78, 5) is 9.48. The van der Waals surface area contributed by atoms with Crippen LogP contribution in [0.25, 0.3) is 0 Å². The average molecular weight is 280 g/mol. The number of hydrogen-bond donors (Lipinski definition) is 1. The van der Waals surface area contributed by atoms with Crippen LogP contribution in [0.1, 0.15) is 5.01 Å². The molecule has 0 bridgehead atoms. The molecule has 1 heterocycles. The lowest BCUT2D eigenvalue weighted by Gasteiger charge is -1.99. The lowest BCUT2D eigenvalue weighted by molar-refractivity contribution is -0.138. The molecule has 0 saturated heterocycles. The van der Waals surface area contributed by atoms with E-state index < -0.39 is 21.9 Å². The summed E-state index contributed by atoms with van der Waals surface area (Å²) >= 11 is 10.5. The summed E-state index contributed by atoms with van der Waals surface area (Å²) in [7, 11) is 0. The molecule has 0 aromatic carbocycles. The predicted molar refractivity (Wildman–Crippen MR) is 49.0 cm³/mol. The second kappa shape index (κ2) is 4.50. The SMILES string of the molecule is O=C(Nc1nnc(C(F)(F)F)s1)C(Cl)Cl. The third-order valence-electron chi connectivity index (χ3n) is 1.10. The first-order valence-corrected chi connectivity index (χ1v) is 4.99. The third-order valence-corrected chi connectivity index (χ3v) is 2.38. The summed E-state index contributed by atoms with van der Waals surface area (Å²) in [6, 6.07) is 0. The van der Waals surface area contributed by atoms with E-state index in [0.29, 0.717) is 0 Å². The van der Waals surface area contributed by atoms with Crippen LogP contribution < -0.4 is 5.32 Å². The molecule has 1 aromatic rings. The van der Waals surface area contributed by atoms with E-state index in [1.165, 1.54) is 0 Å². The maximum atomic E-state index is 12.0. The molecule has 0 radical (unpaired) electrons. The van der Waals surface area contributed by atoms with Crippen LogP contribution in [0.5, 0.6) is 0 Å². The first-order valence-electron chi connectivity index (χ1n) is 3.30. The average Bonchev–Trinajstić information content (AvgIpc) is 2.51. The normalized spacial score (nSPS) is 11.9. The number of nitrogens with one attached hydrogen (secondary N) is 1. The van der Waals surface area contributed by atoms with Gasteiger partial charge in [-0.05, 0) is 0 Å². The highest BCUT2D eigenvalue weighted by Crippen LogP contribution is 2.33. The fourth-order valence-electron chi connectivity index (χ4n) is 0.548. The van der Waals surface area contributed by atoms with Gasteiger partial charge < -0.3 is 0 Å². The number of aromatic nitrogens is 2. The molecule has 15 heavy (non-hydrogen) atoms. The van der Waals surface area contributed by atoms with E-state index in [-0.39, 0.29) is 16.5 Å². The minimum Gasteiger partial charge on any atom is -0.298 e. The molecule has 0 spiro atoms. The van der Waals surface area contributed by atoms with Gasteiger partial charge in [-0.15, -0.1) is 10.2 Å². The monoisotopic (exact) mass is 279 g/mol. The van der Waals surface area contributed by atoms with E-state index in [4.69, 9.17) is 23.2 Å². The van der Waals surface area contributed by atoms with Gasteiger partial charge in [-0.1, -0.05) is 34.5 Å². The number of carbonyl (C=O) groups is 1. The number of rotatable bonds is 2. The Morgan fingerprint density at radius 3 is 2.40 bits per heavy atom. The minimum atomic E-state index is -4.58. The van der Waals surface area contributed by atoms with Gasteiger partial charge in [0.15, 0.2) is 4.84 Å². The van der Waals surface area contributed by atoms with Gasteiger partial charge in [0.05, 0.1) is 0 Å². The van der Waals surface area contributed by atoms with Crippen LogP contribution in [0, 0.1) is 0 Å². The van der Waals surface area contributed by atoms with Crippen molar-refractivity contribution >= 4 is 45.6 Å². The van der Waals surface area contributed by atoms with Crippen LogP contribution in [0.15, 0.2) is 0 Å². The smallest absolute Gasteiger partial charge is 0.298 e. The Hall–Kier alpha value is -0.600. The highest BCUT2D eigenvalue weighted by Gasteiger charge is 2.35. The summed E-state index contributed by atoms with van der Waals surface area (Å²) < 4.78 is 36.1. The Labute approximate surface area is 95.4 Å². The molecule has 1 N–H and O–H groups in total. The maximum Gasteiger partial charge on any atom is 0.445 e. The second-order valence-corrected chi connectivity index (χ2v) is 4.27. The summed E-state index contributed by atoms with van der Waals surface area (Å²) in [5.74, 6) is -0.858. The molecule has 1 rings (SSSR count). The van der Waals surface area contributed by atoms with E-state index in [1.54, 1.807) is 0 Å². The molecule has 84 valence electrons. The van der Waals surface area contributed by atoms with Crippen molar-refractivity contribution in [2.24, 2.45) is 0 Å². The first kappa shape index (κ1) is 12.5. The summed E-state index contributed by atoms with van der Waals surface area (Å²) in [6.07, 6.45) is -4.58. The van der Waals surface area contributed by atoms with E-state index in [2.05, 4.69) is 10.2 Å². The van der Waals surface area contributed by atoms with Gasteiger partial charge in [0.25, 0.3) is 5.91 Å². The van der Waals surface area contributed by atoms with Gasteiger partial charge in [-0.25, -0.2) is 0 Å². The summed E-state index contributed by atoms with van der Waals surface area (Å²) in [5.41, 5.74) is 0. The van der Waals surface area contributed by atoms with E-state index in [0.717, 1.165) is 0 Å². The second-order valence-electron chi connectivity index (χ2n) is 2.20. The molecule has 0 saturated carbocycles. The molecule has 0 atom stereocenters. The lowest BCUT2D eigenvalue weighted by Crippen LogP contribution is -2.18. The van der Waals surface area contributed by atoms with Crippen LogP contribution in [0.2, 0.25) is 0 Å². The van der Waals surface area contributed by atoms with Gasteiger partial charge in [-0.2, -0.15) is 13.2 Å². The quantitative estimate of drug-likeness (QED) is 0.846. The van der Waals surface area contributed by atoms with Gasteiger partial charge in [0, 0.05) is 0 Å². The fraction of sp³-hybridized carbons (Fsp3) is 0.400. The minimum absolute atomic E-state index is 0.189. The zero-order valence-corrected chi connectivity index (χ0v) is 9.01. The predicted octanol–water partition coefficient (Wildman–Crippen LogP) is 2.30. The van der Waals surface area contributed by atoms with Crippen molar-refractivity contribution in [2.45, 2.75) is 11.0 Å². The fourth-order valence-corrected chi connectivity index (χ4v) is 1.27. The van der Waals surface area contributed by atoms with E-state index in [1.807, 2.05) is 5.32 Å². The molecule has 0 aliphatic heterocycles. The van der Waals surface area contributed by atoms with E-state index in [9.17, 15) is 18.0 Å². The highest BCUT2D eigenvalue weighted by atomic mass is 35.5. The summed E-state index contributed by atoms with van der Waals surface area (Å²) in [6.45, 7) is 0. The zero-order chi connectivity index (χ0) is 11.6. The molecule has 1 amide bonds. The number of alkyl halides is 5. The highest BCUT2D eigenvalue weighted by molar-refractivity contribution is 7.15. The summed E-state index contributed by atoms with van der Waals surface area (Å²) in [5, 5.41) is 6.46. The Bertz CT molecular complexity index is 367. The van der Waals surface area contributed by atoms with Crippen LogP contribution in [-0.2, 0) is 11.0 Å². The van der Waals surface area contributed by atoms with Crippen molar-refractivity contribution in [3.63, 3.8) is 0 Å². The number of anilines is 1. The van der Waals surface area contributed by atoms with Crippen LogP contribution in [0.3, 0.4) is 0 Å². The Balaban J connectivity index is 2.73. The van der Waals surface area contributed by atoms with Gasteiger partial charge in [-0.3, -0.25) is 10.1 Å². The van der Waals surface area contributed by atoms with Crippen molar-refractivity contribution in [3.05, 3.63) is 5.01 Å². The van der Waals surface area contributed by atoms with Gasteiger partial charge >= 0.3 is 6.18 Å². The molecule has 1 aromatic heterocycles. The molecule has 0 unspecified atom stereocenters. The van der Waals surface area contributed by atoms with Crippen molar-refractivity contribution < 1.29 is 18.0 Å². The number of amides is 1. The van der Waals surface area contributed by atoms with Gasteiger partial charge in [0.1, 0.15) is 0 Å². The van der Waals surface area contributed by atoms with Crippen molar-refractivity contribution in [3.8, 4) is 0 Å². The number of halogens is 5. The number of hydrogen-bond acceptors (Lipinski definition) is 4. The molecule has 0 aliphatic carbocycles. The topological polar surface area (TPSA) is 54.9 Å². The Kier molecular flexibility index (Phi) is 3.74. The molecular weight excluding hydrogens is 278 g/mol. The molecule has 4 nitrogen and oxygen atoms in total. The van der Waals surface area contributed by atoms with Crippen LogP contribution in [-0.4, -0.2) is 20.9 Å². The van der Waals surface area contributed by atoms with Crippen molar-refractivity contribution in [1.82, 2.24) is 10.2 Å². The maximum absolute atomic E-state index is 12.0. The third kappa shape index (κ3) is 3.47. The lowest BCUT2D eigenvalue weighted by atomic mass is 10.7. The van der Waals surface area contributed by atoms with Crippen LogP contribution in [0.4, 0.5) is 18.3 Å². The molecule has 10 heteroatoms. The number of nitrogens with zero attached hydrogens (tertiary/aromatic N) is 2. The number of carbonyl (C=O) groups excluding carboxylic acids is 1. The largest absolute Gasteiger partial charge is 0.445 e. The standard InChI is InChI=1S/C5H2Cl2F3N3OS/c6-1(7)2(14)11-4-13-12-3(15-4)5(8,9)10/h1H,(H,11,13,14). The Morgan fingerprint density at radius 2 is 2.00 bits per heavy atom. The van der Waals surface area contributed by atoms with E-state index >= 15 is 0 Å². The molecule has 0 aliphatic rings. The van der Waals surface area contributed by atoms with Crippen molar-refractivity contribution in [2.75, 3.05) is 5.32 Å². The first-order chi connectivity index (χ1) is 6.80. The molecule has 0 fully saturated rings. The van der Waals surface area contributed by atoms with Gasteiger partial charge in [0.2, 0.25) is 10.1 Å². The molecular formula is C5H2Cl2F3N3OS.